The summed E-state index contributed by atoms with van der Waals surface area (Å²) in [5.74, 6) is 0. The van der Waals surface area contributed by atoms with E-state index in [-0.39, 0.29) is 0 Å². The summed E-state index contributed by atoms with van der Waals surface area (Å²) in [4.78, 5) is 0. The highest BCUT2D eigenvalue weighted by atomic mass is 14.2. The van der Waals surface area contributed by atoms with Crippen molar-refractivity contribution in [3.8, 4) is 11.1 Å². The van der Waals surface area contributed by atoms with Gasteiger partial charge in [-0.05, 0) is 78.5 Å². The van der Waals surface area contributed by atoms with E-state index >= 15 is 0 Å². The molecule has 0 spiro atoms. The molecular weight excluding hydrogens is 456 g/mol. The summed E-state index contributed by atoms with van der Waals surface area (Å²) in [6.07, 6.45) is 13.1. The molecule has 7 rings (SSSR count). The fourth-order valence-corrected chi connectivity index (χ4v) is 6.04. The Morgan fingerprint density at radius 3 is 1.71 bits per heavy atom. The third-order valence-electron chi connectivity index (χ3n) is 7.76. The fourth-order valence-electron chi connectivity index (χ4n) is 6.04. The van der Waals surface area contributed by atoms with E-state index in [1.807, 2.05) is 0 Å². The normalized spacial score (nSPS) is 16.6. The lowest BCUT2D eigenvalue weighted by atomic mass is 9.83. The largest absolute Gasteiger partial charge is 0.0801 e. The Balaban J connectivity index is 1.60. The highest BCUT2D eigenvalue weighted by molar-refractivity contribution is 6.22. The maximum Gasteiger partial charge on any atom is -0.00201 e. The van der Waals surface area contributed by atoms with E-state index in [4.69, 9.17) is 0 Å². The van der Waals surface area contributed by atoms with E-state index in [9.17, 15) is 0 Å². The molecule has 0 heterocycles. The third kappa shape index (κ3) is 3.86. The maximum absolute atomic E-state index is 2.42. The molecule has 1 aliphatic carbocycles. The molecule has 180 valence electrons. The minimum Gasteiger partial charge on any atom is -0.0801 e. The molecule has 0 unspecified atom stereocenters. The molecule has 0 N–H and O–H groups in total. The number of fused-ring (bicyclic) bond motifs is 4. The summed E-state index contributed by atoms with van der Waals surface area (Å²) < 4.78 is 0. The van der Waals surface area contributed by atoms with Crippen LogP contribution in [0.1, 0.15) is 23.1 Å². The second-order valence-corrected chi connectivity index (χ2v) is 10.0. The van der Waals surface area contributed by atoms with E-state index in [1.54, 1.807) is 0 Å². The molecule has 0 nitrogen and oxygen atoms in total. The minimum absolute atomic E-state index is 0.875. The van der Waals surface area contributed by atoms with Gasteiger partial charge in [-0.25, -0.2) is 0 Å². The molecule has 0 fully saturated rings. The highest BCUT2D eigenvalue weighted by Crippen LogP contribution is 2.44. The van der Waals surface area contributed by atoms with Gasteiger partial charge in [-0.3, -0.25) is 0 Å². The van der Waals surface area contributed by atoms with Crippen LogP contribution in [0, 0.1) is 0 Å². The Hall–Kier alpha value is -4.68. The molecule has 0 atom stereocenters. The van der Waals surface area contributed by atoms with E-state index in [2.05, 4.69) is 146 Å². The molecule has 6 aromatic rings. The zero-order valence-corrected chi connectivity index (χ0v) is 21.3. The van der Waals surface area contributed by atoms with Crippen LogP contribution >= 0.6 is 0 Å². The van der Waals surface area contributed by atoms with Crippen LogP contribution in [-0.2, 0) is 6.42 Å². The van der Waals surface area contributed by atoms with Gasteiger partial charge >= 0.3 is 0 Å². The molecule has 1 aliphatic rings. The van der Waals surface area contributed by atoms with Crippen molar-refractivity contribution in [3.63, 3.8) is 0 Å². The van der Waals surface area contributed by atoms with Crippen LogP contribution in [-0.4, -0.2) is 0 Å². The van der Waals surface area contributed by atoms with Crippen molar-refractivity contribution in [2.75, 3.05) is 0 Å². The van der Waals surface area contributed by atoms with Crippen LogP contribution in [0.5, 0.6) is 0 Å². The lowest BCUT2D eigenvalue weighted by Crippen LogP contribution is -1.95. The monoisotopic (exact) mass is 484 g/mol. The first-order valence-corrected chi connectivity index (χ1v) is 13.4. The van der Waals surface area contributed by atoms with Crippen molar-refractivity contribution >= 4 is 44.0 Å². The van der Waals surface area contributed by atoms with Gasteiger partial charge in [0.25, 0.3) is 0 Å². The molecule has 0 radical (unpaired) electrons. The van der Waals surface area contributed by atoms with Gasteiger partial charge in [-0.1, -0.05) is 146 Å². The van der Waals surface area contributed by atoms with Gasteiger partial charge in [-0.2, -0.15) is 0 Å². The van der Waals surface area contributed by atoms with Crippen molar-refractivity contribution < 1.29 is 0 Å². The van der Waals surface area contributed by atoms with Gasteiger partial charge < -0.3 is 0 Å². The zero-order chi connectivity index (χ0) is 25.3. The van der Waals surface area contributed by atoms with Crippen LogP contribution in [0.4, 0.5) is 0 Å². The Morgan fingerprint density at radius 1 is 0.421 bits per heavy atom. The quantitative estimate of drug-likeness (QED) is 0.214. The predicted octanol–water partition coefficient (Wildman–Crippen LogP) is 10.4. The molecule has 0 aliphatic heterocycles. The number of benzene rings is 6. The summed E-state index contributed by atoms with van der Waals surface area (Å²) in [5.41, 5.74) is 7.95. The average Bonchev–Trinajstić information content (AvgIpc) is 2.98. The first-order chi connectivity index (χ1) is 18.9. The Labute approximate surface area is 223 Å². The molecule has 0 saturated heterocycles. The second kappa shape index (κ2) is 9.65. The van der Waals surface area contributed by atoms with Gasteiger partial charge in [0.2, 0.25) is 0 Å². The second-order valence-electron chi connectivity index (χ2n) is 10.0. The molecule has 0 aromatic heterocycles. The van der Waals surface area contributed by atoms with Crippen LogP contribution in [0.25, 0.3) is 55.1 Å². The smallest absolute Gasteiger partial charge is 0.00201 e. The fraction of sp³-hybridized carbons (Fsp3) is 0.0526. The minimum atomic E-state index is 0.875. The van der Waals surface area contributed by atoms with E-state index in [1.165, 1.54) is 65.7 Å². The van der Waals surface area contributed by atoms with Crippen molar-refractivity contribution in [1.29, 1.82) is 0 Å². The molecule has 0 saturated carbocycles. The Morgan fingerprint density at radius 2 is 0.974 bits per heavy atom. The van der Waals surface area contributed by atoms with Gasteiger partial charge in [0, 0.05) is 0 Å². The number of rotatable bonds is 2. The molecule has 0 amide bonds. The van der Waals surface area contributed by atoms with Crippen LogP contribution in [0.2, 0.25) is 0 Å². The molecule has 38 heavy (non-hydrogen) atoms. The van der Waals surface area contributed by atoms with Crippen LogP contribution < -0.4 is 0 Å². The van der Waals surface area contributed by atoms with E-state index < -0.39 is 0 Å². The number of hydrogen-bond donors (Lipinski definition) is 0. The van der Waals surface area contributed by atoms with Gasteiger partial charge in [0.15, 0.2) is 0 Å². The molecule has 6 aromatic carbocycles. The van der Waals surface area contributed by atoms with Crippen LogP contribution in [0.3, 0.4) is 0 Å². The topological polar surface area (TPSA) is 0 Å². The summed E-state index contributed by atoms with van der Waals surface area (Å²) in [6, 6.07) is 42.1. The molecular formula is C38H28. The molecule has 0 bridgehead atoms. The van der Waals surface area contributed by atoms with Crippen LogP contribution in [0.15, 0.2) is 140 Å². The Bertz CT molecular complexity index is 1850. The standard InChI is InChI=1S/C38H28/c1-2-4-18-30(26-29-17-6-5-15-27(29)14-3-1)37-33-21-9-11-23-35(33)38(36-24-12-10-22-34(36)37)32-25-13-19-28-16-7-8-20-31(28)32/h1-13,15-17,19-26H,14,18H2/b3-1-,4-2-,30-26+. The van der Waals surface area contributed by atoms with Gasteiger partial charge in [-0.15, -0.1) is 0 Å². The Kier molecular flexibility index (Phi) is 5.72. The average molecular weight is 485 g/mol. The zero-order valence-electron chi connectivity index (χ0n) is 21.3. The summed E-state index contributed by atoms with van der Waals surface area (Å²) >= 11 is 0. The van der Waals surface area contributed by atoms with Crippen molar-refractivity contribution in [1.82, 2.24) is 0 Å². The first-order valence-electron chi connectivity index (χ1n) is 13.4. The summed E-state index contributed by atoms with van der Waals surface area (Å²) in [5, 5.41) is 7.77. The van der Waals surface area contributed by atoms with E-state index in [0.717, 1.165) is 12.8 Å². The molecule has 0 heteroatoms. The summed E-state index contributed by atoms with van der Waals surface area (Å²) in [7, 11) is 0. The van der Waals surface area contributed by atoms with E-state index in [0.29, 0.717) is 0 Å². The van der Waals surface area contributed by atoms with Crippen molar-refractivity contribution in [2.24, 2.45) is 0 Å². The highest BCUT2D eigenvalue weighted by Gasteiger charge is 2.18. The third-order valence-corrected chi connectivity index (χ3v) is 7.76. The summed E-state index contributed by atoms with van der Waals surface area (Å²) in [6.45, 7) is 0. The van der Waals surface area contributed by atoms with Crippen molar-refractivity contribution in [2.45, 2.75) is 12.8 Å². The predicted molar refractivity (Wildman–Crippen MR) is 165 cm³/mol. The van der Waals surface area contributed by atoms with Gasteiger partial charge in [0.05, 0.1) is 0 Å². The lowest BCUT2D eigenvalue weighted by molar-refractivity contribution is 1.25. The van der Waals surface area contributed by atoms with Gasteiger partial charge in [0.1, 0.15) is 0 Å². The first kappa shape index (κ1) is 22.5. The van der Waals surface area contributed by atoms with Crippen molar-refractivity contribution in [3.05, 3.63) is 156 Å². The SMILES string of the molecule is C1=C\C/C(c2c3ccccc3c(-c3cccc4ccccc34)c3ccccc23)=C\c2ccccc2C\C=C/1. The number of allylic oxidation sites excluding steroid dienone is 5. The lowest BCUT2D eigenvalue weighted by Gasteiger charge is -2.20. The number of hydrogen-bond acceptors (Lipinski definition) is 0. The maximum atomic E-state index is 2.42.